The molecule has 11 heteroatoms. The minimum atomic E-state index is -4.75. The number of anilines is 1. The van der Waals surface area contributed by atoms with Crippen LogP contribution in [0.15, 0.2) is 24.3 Å². The topological polar surface area (TPSA) is 103 Å². The maximum Gasteiger partial charge on any atom is 0.416 e. The van der Waals surface area contributed by atoms with E-state index in [-0.39, 0.29) is 5.69 Å². The Balaban J connectivity index is 2.07. The van der Waals surface area contributed by atoms with Crippen molar-refractivity contribution in [3.8, 4) is 0 Å². The molecular weight excluding hydrogens is 407 g/mol. The van der Waals surface area contributed by atoms with Gasteiger partial charge in [0.25, 0.3) is 5.69 Å². The van der Waals surface area contributed by atoms with Crippen LogP contribution >= 0.6 is 0 Å². The molecule has 1 heterocycles. The molecule has 1 unspecified atom stereocenters. The lowest BCUT2D eigenvalue weighted by molar-refractivity contribution is -0.384. The van der Waals surface area contributed by atoms with Crippen LogP contribution < -0.4 is 5.32 Å². The molecule has 30 heavy (non-hydrogen) atoms. The van der Waals surface area contributed by atoms with Gasteiger partial charge in [-0.3, -0.25) is 14.9 Å². The normalized spacial score (nSPS) is 12.4. The highest BCUT2D eigenvalue weighted by Crippen LogP contribution is 2.35. The number of rotatable bonds is 7. The van der Waals surface area contributed by atoms with Crippen molar-refractivity contribution in [1.29, 1.82) is 0 Å². The zero-order chi connectivity index (χ0) is 22.8. The van der Waals surface area contributed by atoms with E-state index >= 15 is 0 Å². The molecule has 0 aliphatic heterocycles. The van der Waals surface area contributed by atoms with Crippen molar-refractivity contribution in [2.75, 3.05) is 11.9 Å². The van der Waals surface area contributed by atoms with Gasteiger partial charge in [0.15, 0.2) is 6.61 Å². The van der Waals surface area contributed by atoms with Gasteiger partial charge >= 0.3 is 12.1 Å². The molecule has 0 bridgehead atoms. The first-order valence-electron chi connectivity index (χ1n) is 8.77. The Labute approximate surface area is 169 Å². The van der Waals surface area contributed by atoms with Crippen LogP contribution in [-0.4, -0.2) is 33.9 Å². The number of aryl methyl sites for hydroxylation is 1. The highest BCUT2D eigenvalue weighted by Gasteiger charge is 2.33. The van der Waals surface area contributed by atoms with Gasteiger partial charge in [-0.2, -0.15) is 13.2 Å². The molecule has 1 atom stereocenters. The number of nitrogens with one attached hydrogen (secondary N) is 1. The lowest BCUT2D eigenvalue weighted by Crippen LogP contribution is -2.30. The number of nitrogens with zero attached hydrogens (tertiary/aromatic N) is 2. The number of esters is 1. The van der Waals surface area contributed by atoms with Gasteiger partial charge in [0.1, 0.15) is 11.7 Å². The van der Waals surface area contributed by atoms with Crippen LogP contribution in [0.1, 0.15) is 34.2 Å². The largest absolute Gasteiger partial charge is 0.456 e. The van der Waals surface area contributed by atoms with Gasteiger partial charge in [-0.1, -0.05) is 0 Å². The number of nitro benzene ring substituents is 1. The number of Topliss-reactive ketones (excluding diaryl/α,β-unsaturated/α-hetero) is 1. The molecule has 8 nitrogen and oxygen atoms in total. The van der Waals surface area contributed by atoms with Crippen molar-refractivity contribution in [1.82, 2.24) is 4.57 Å². The maximum absolute atomic E-state index is 12.8. The van der Waals surface area contributed by atoms with Crippen molar-refractivity contribution < 1.29 is 32.4 Å². The second-order valence-electron chi connectivity index (χ2n) is 6.73. The summed E-state index contributed by atoms with van der Waals surface area (Å²) in [7, 11) is 1.79. The van der Waals surface area contributed by atoms with Gasteiger partial charge in [0.2, 0.25) is 5.78 Å². The maximum atomic E-state index is 12.8. The molecule has 0 aliphatic carbocycles. The molecule has 0 spiro atoms. The summed E-state index contributed by atoms with van der Waals surface area (Å²) >= 11 is 0. The summed E-state index contributed by atoms with van der Waals surface area (Å²) in [4.78, 5) is 34.6. The summed E-state index contributed by atoms with van der Waals surface area (Å²) in [5, 5.41) is 13.6. The molecule has 2 aromatic rings. The van der Waals surface area contributed by atoms with Gasteiger partial charge in [-0.15, -0.1) is 0 Å². The zero-order valence-corrected chi connectivity index (χ0v) is 16.7. The molecule has 0 aliphatic rings. The molecule has 162 valence electrons. The summed E-state index contributed by atoms with van der Waals surface area (Å²) in [5.74, 6) is -1.31. The van der Waals surface area contributed by atoms with Gasteiger partial charge in [-0.25, -0.2) is 4.79 Å². The standard InChI is InChI=1S/C19H20F3N3O5/c1-10-7-14(12(3)24(10)4)17(26)9-30-18(27)11(2)23-15-6-5-13(19(20,21)22)8-16(15)25(28)29/h5-8,11,23H,9H2,1-4H3. The number of ketones is 1. The molecule has 0 saturated heterocycles. The minimum absolute atomic E-state index is 0.279. The number of carbonyl (C=O) groups is 2. The van der Waals surface area contributed by atoms with Crippen LogP contribution in [-0.2, 0) is 22.8 Å². The molecule has 1 aromatic carbocycles. The average molecular weight is 427 g/mol. The van der Waals surface area contributed by atoms with Crippen LogP contribution in [0.3, 0.4) is 0 Å². The molecule has 0 amide bonds. The number of hydrogen-bond acceptors (Lipinski definition) is 6. The molecule has 1 aromatic heterocycles. The van der Waals surface area contributed by atoms with E-state index < -0.39 is 46.8 Å². The fourth-order valence-corrected chi connectivity index (χ4v) is 2.75. The number of benzene rings is 1. The van der Waals surface area contributed by atoms with Crippen molar-refractivity contribution in [3.63, 3.8) is 0 Å². The van der Waals surface area contributed by atoms with Crippen LogP contribution in [0.2, 0.25) is 0 Å². The summed E-state index contributed by atoms with van der Waals surface area (Å²) in [5.41, 5.74) is -0.336. The van der Waals surface area contributed by atoms with Crippen LogP contribution in [0.25, 0.3) is 0 Å². The smallest absolute Gasteiger partial charge is 0.416 e. The van der Waals surface area contributed by atoms with E-state index in [0.717, 1.165) is 11.8 Å². The van der Waals surface area contributed by atoms with Gasteiger partial charge in [0.05, 0.1) is 10.5 Å². The van der Waals surface area contributed by atoms with Crippen molar-refractivity contribution >= 4 is 23.1 Å². The Bertz CT molecular complexity index is 998. The predicted molar refractivity (Wildman–Crippen MR) is 101 cm³/mol. The first-order valence-corrected chi connectivity index (χ1v) is 8.77. The van der Waals surface area contributed by atoms with Gasteiger partial charge in [-0.05, 0) is 39.0 Å². The first-order chi connectivity index (χ1) is 13.8. The molecular formula is C19H20F3N3O5. The number of halogens is 3. The van der Waals surface area contributed by atoms with E-state index in [4.69, 9.17) is 4.74 Å². The Morgan fingerprint density at radius 3 is 2.40 bits per heavy atom. The summed E-state index contributed by atoms with van der Waals surface area (Å²) in [6.07, 6.45) is -4.75. The molecule has 2 rings (SSSR count). The van der Waals surface area contributed by atoms with Crippen molar-refractivity contribution in [2.24, 2.45) is 7.05 Å². The molecule has 1 N–H and O–H groups in total. The number of aromatic nitrogens is 1. The van der Waals surface area contributed by atoms with E-state index in [1.807, 2.05) is 11.5 Å². The molecule has 0 fully saturated rings. The monoisotopic (exact) mass is 427 g/mol. The number of nitro groups is 1. The average Bonchev–Trinajstić information content (AvgIpc) is 2.92. The third kappa shape index (κ3) is 4.97. The van der Waals surface area contributed by atoms with Crippen LogP contribution in [0.5, 0.6) is 0 Å². The summed E-state index contributed by atoms with van der Waals surface area (Å²) < 4.78 is 45.1. The number of hydrogen-bond donors (Lipinski definition) is 1. The second-order valence-corrected chi connectivity index (χ2v) is 6.73. The third-order valence-electron chi connectivity index (χ3n) is 4.67. The van der Waals surface area contributed by atoms with E-state index in [1.165, 1.54) is 6.92 Å². The molecule has 0 saturated carbocycles. The Morgan fingerprint density at radius 1 is 1.27 bits per heavy atom. The third-order valence-corrected chi connectivity index (χ3v) is 4.67. The Hall–Kier alpha value is -3.37. The fraction of sp³-hybridized carbons (Fsp3) is 0.368. The highest BCUT2D eigenvalue weighted by molar-refractivity contribution is 5.99. The van der Waals surface area contributed by atoms with E-state index in [2.05, 4.69) is 5.32 Å². The van der Waals surface area contributed by atoms with Crippen molar-refractivity contribution in [3.05, 3.63) is 56.9 Å². The van der Waals surface area contributed by atoms with Gasteiger partial charge in [0, 0.05) is 30.1 Å². The highest BCUT2D eigenvalue weighted by atomic mass is 19.4. The number of alkyl halides is 3. The lowest BCUT2D eigenvalue weighted by atomic mass is 10.1. The first kappa shape index (κ1) is 22.9. The van der Waals surface area contributed by atoms with Gasteiger partial charge < -0.3 is 14.6 Å². The number of ether oxygens (including phenoxy) is 1. The molecule has 0 radical (unpaired) electrons. The summed E-state index contributed by atoms with van der Waals surface area (Å²) in [6.45, 7) is 4.34. The fourth-order valence-electron chi connectivity index (χ4n) is 2.75. The summed E-state index contributed by atoms with van der Waals surface area (Å²) in [6, 6.07) is 2.43. The van der Waals surface area contributed by atoms with Crippen molar-refractivity contribution in [2.45, 2.75) is 33.0 Å². The van der Waals surface area contributed by atoms with E-state index in [1.54, 1.807) is 20.0 Å². The zero-order valence-electron chi connectivity index (χ0n) is 16.7. The predicted octanol–water partition coefficient (Wildman–Crippen LogP) is 3.80. The van der Waals surface area contributed by atoms with Crippen LogP contribution in [0, 0.1) is 24.0 Å². The lowest BCUT2D eigenvalue weighted by Gasteiger charge is -2.15. The quantitative estimate of drug-likeness (QED) is 0.312. The van der Waals surface area contributed by atoms with Crippen LogP contribution in [0.4, 0.5) is 24.5 Å². The second kappa shape index (κ2) is 8.56. The Kier molecular flexibility index (Phi) is 6.53. The van der Waals surface area contributed by atoms with E-state index in [9.17, 15) is 32.9 Å². The number of carbonyl (C=O) groups excluding carboxylic acids is 2. The minimum Gasteiger partial charge on any atom is -0.456 e. The van der Waals surface area contributed by atoms with E-state index in [0.29, 0.717) is 23.4 Å². The SMILES string of the molecule is Cc1cc(C(=O)COC(=O)C(C)Nc2ccc(C(F)(F)F)cc2[N+](=O)[O-])c(C)n1C. The Morgan fingerprint density at radius 2 is 1.90 bits per heavy atom.